The van der Waals surface area contributed by atoms with Crippen molar-refractivity contribution in [1.82, 2.24) is 4.98 Å². The Morgan fingerprint density at radius 1 is 1.31 bits per heavy atom. The number of sulfonamides is 1. The van der Waals surface area contributed by atoms with Crippen molar-refractivity contribution in [3.8, 4) is 5.75 Å². The number of hydrogen-bond acceptors (Lipinski definition) is 5. The lowest BCUT2D eigenvalue weighted by Crippen LogP contribution is -2.14. The van der Waals surface area contributed by atoms with E-state index >= 15 is 0 Å². The lowest BCUT2D eigenvalue weighted by molar-refractivity contribution is 0.340. The predicted molar refractivity (Wildman–Crippen MR) is 103 cm³/mol. The smallest absolute Gasteiger partial charge is 0.417 e. The third kappa shape index (κ3) is 3.57. The molecule has 0 aliphatic carbocycles. The number of aromatic nitrogens is 1. The summed E-state index contributed by atoms with van der Waals surface area (Å²) in [5, 5.41) is 0.0292. The van der Waals surface area contributed by atoms with Crippen LogP contribution in [0.15, 0.2) is 42.8 Å². The molecule has 0 aliphatic rings. The molecular formula is C15H11BrCl2N2O5S. The van der Waals surface area contributed by atoms with Crippen LogP contribution in [-0.2, 0) is 10.0 Å². The molecule has 138 valence electrons. The van der Waals surface area contributed by atoms with E-state index in [2.05, 4.69) is 25.6 Å². The Kier molecular flexibility index (Phi) is 5.25. The van der Waals surface area contributed by atoms with Crippen LogP contribution >= 0.6 is 39.1 Å². The third-order valence-electron chi connectivity index (χ3n) is 3.32. The molecule has 0 amide bonds. The molecule has 2 aromatic carbocycles. The minimum absolute atomic E-state index is 0.0510. The van der Waals surface area contributed by atoms with Crippen LogP contribution in [0, 0.1) is 0 Å². The average Bonchev–Trinajstić information content (AvgIpc) is 2.90. The van der Waals surface area contributed by atoms with Crippen molar-refractivity contribution in [2.24, 2.45) is 0 Å². The van der Waals surface area contributed by atoms with Crippen LogP contribution in [-0.4, -0.2) is 20.0 Å². The quantitative estimate of drug-likeness (QED) is 0.562. The summed E-state index contributed by atoms with van der Waals surface area (Å²) in [5.41, 5.74) is 0.442. The molecule has 26 heavy (non-hydrogen) atoms. The number of ether oxygens (including phenoxy) is 1. The first-order chi connectivity index (χ1) is 12.2. The van der Waals surface area contributed by atoms with Gasteiger partial charge < -0.3 is 9.15 Å². The summed E-state index contributed by atoms with van der Waals surface area (Å²) in [4.78, 5) is 13.5. The first-order valence-electron chi connectivity index (χ1n) is 7.19. The summed E-state index contributed by atoms with van der Waals surface area (Å²) >= 11 is 15.4. The molecule has 11 heteroatoms. The van der Waals surface area contributed by atoms with Crippen LogP contribution in [0.5, 0.6) is 5.75 Å². The van der Waals surface area contributed by atoms with Crippen molar-refractivity contribution in [2.75, 3.05) is 11.3 Å². The first kappa shape index (κ1) is 19.1. The Hall–Kier alpha value is -1.68. The highest BCUT2D eigenvalue weighted by Crippen LogP contribution is 2.37. The third-order valence-corrected chi connectivity index (χ3v) is 6.44. The van der Waals surface area contributed by atoms with Crippen molar-refractivity contribution < 1.29 is 17.6 Å². The molecule has 7 nitrogen and oxygen atoms in total. The number of anilines is 1. The first-order valence-corrected chi connectivity index (χ1v) is 10.2. The van der Waals surface area contributed by atoms with Gasteiger partial charge in [-0.05, 0) is 47.1 Å². The van der Waals surface area contributed by atoms with Gasteiger partial charge in [0.2, 0.25) is 0 Å². The van der Waals surface area contributed by atoms with E-state index in [4.69, 9.17) is 32.4 Å². The van der Waals surface area contributed by atoms with Gasteiger partial charge in [-0.15, -0.1) is 0 Å². The summed E-state index contributed by atoms with van der Waals surface area (Å²) in [6, 6.07) is 5.87. The lowest BCUT2D eigenvalue weighted by Gasteiger charge is -2.13. The molecule has 0 spiro atoms. The Bertz CT molecular complexity index is 1160. The van der Waals surface area contributed by atoms with Crippen LogP contribution in [0.4, 0.5) is 5.69 Å². The van der Waals surface area contributed by atoms with Crippen LogP contribution in [0.2, 0.25) is 10.0 Å². The van der Waals surface area contributed by atoms with E-state index in [-0.39, 0.29) is 36.2 Å². The standard InChI is InChI=1S/C15H11BrCl2N2O5S/c1-2-24-11-4-3-7(5-9(11)17)20-26(22,23)14-8(16)6-10-13(12(14)18)25-15(21)19-10/h3-6,20H,2H2,1H3,(H,19,21). The lowest BCUT2D eigenvalue weighted by atomic mass is 10.3. The van der Waals surface area contributed by atoms with E-state index in [1.807, 2.05) is 6.92 Å². The Morgan fingerprint density at radius 3 is 2.69 bits per heavy atom. The van der Waals surface area contributed by atoms with Gasteiger partial charge in [0.05, 0.1) is 22.8 Å². The largest absolute Gasteiger partial charge is 0.492 e. The molecule has 0 saturated heterocycles. The molecule has 1 heterocycles. The number of fused-ring (bicyclic) bond motifs is 1. The number of benzene rings is 2. The molecule has 0 aliphatic heterocycles. The number of nitrogens with one attached hydrogen (secondary N) is 2. The van der Waals surface area contributed by atoms with Crippen molar-refractivity contribution in [2.45, 2.75) is 11.8 Å². The highest BCUT2D eigenvalue weighted by molar-refractivity contribution is 9.10. The minimum atomic E-state index is -4.10. The van der Waals surface area contributed by atoms with Crippen molar-refractivity contribution in [1.29, 1.82) is 0 Å². The zero-order valence-corrected chi connectivity index (χ0v) is 17.0. The maximum Gasteiger partial charge on any atom is 0.417 e. The van der Waals surface area contributed by atoms with Gasteiger partial charge in [0.1, 0.15) is 15.7 Å². The van der Waals surface area contributed by atoms with E-state index in [9.17, 15) is 13.2 Å². The monoisotopic (exact) mass is 480 g/mol. The molecule has 2 N–H and O–H groups in total. The van der Waals surface area contributed by atoms with E-state index in [0.29, 0.717) is 12.4 Å². The van der Waals surface area contributed by atoms with Crippen molar-refractivity contribution in [3.63, 3.8) is 0 Å². The van der Waals surface area contributed by atoms with Crippen molar-refractivity contribution >= 4 is 65.9 Å². The summed E-state index contributed by atoms with van der Waals surface area (Å²) in [5.74, 6) is -0.304. The fourth-order valence-corrected chi connectivity index (χ4v) is 5.44. The molecular weight excluding hydrogens is 471 g/mol. The number of rotatable bonds is 5. The summed E-state index contributed by atoms with van der Waals surface area (Å²) in [7, 11) is -4.10. The van der Waals surface area contributed by atoms with Gasteiger partial charge in [-0.2, -0.15) is 0 Å². The molecule has 0 unspecified atom stereocenters. The fourth-order valence-electron chi connectivity index (χ4n) is 2.29. The van der Waals surface area contributed by atoms with Gasteiger partial charge in [-0.25, -0.2) is 13.2 Å². The number of H-pyrrole nitrogens is 1. The van der Waals surface area contributed by atoms with E-state index in [1.165, 1.54) is 18.2 Å². The van der Waals surface area contributed by atoms with Gasteiger partial charge >= 0.3 is 5.76 Å². The SMILES string of the molecule is CCOc1ccc(NS(=O)(=O)c2c(Br)cc3[nH]c(=O)oc3c2Cl)cc1Cl. The van der Waals surface area contributed by atoms with Gasteiger partial charge in [0.15, 0.2) is 5.58 Å². The second-order valence-corrected chi connectivity index (χ2v) is 8.34. The molecule has 0 fully saturated rings. The van der Waals surface area contributed by atoms with Crippen molar-refractivity contribution in [3.05, 3.63) is 49.3 Å². The topological polar surface area (TPSA) is 101 Å². The zero-order chi connectivity index (χ0) is 19.1. The van der Waals surface area contributed by atoms with Gasteiger partial charge in [-0.3, -0.25) is 9.71 Å². The molecule has 0 radical (unpaired) electrons. The molecule has 1 aromatic heterocycles. The molecule has 3 aromatic rings. The summed E-state index contributed by atoms with van der Waals surface area (Å²) in [6.45, 7) is 2.23. The van der Waals surface area contributed by atoms with E-state index in [1.54, 1.807) is 6.07 Å². The molecule has 0 atom stereocenters. The number of hydrogen-bond donors (Lipinski definition) is 2. The summed E-state index contributed by atoms with van der Waals surface area (Å²) in [6.07, 6.45) is 0. The van der Waals surface area contributed by atoms with Gasteiger partial charge in [-0.1, -0.05) is 23.2 Å². The fraction of sp³-hybridized carbons (Fsp3) is 0.133. The maximum atomic E-state index is 12.8. The number of halogens is 3. The predicted octanol–water partition coefficient (Wildman–Crippen LogP) is 4.39. The maximum absolute atomic E-state index is 12.8. The van der Waals surface area contributed by atoms with Gasteiger partial charge in [0, 0.05) is 4.47 Å². The zero-order valence-electron chi connectivity index (χ0n) is 13.1. The van der Waals surface area contributed by atoms with E-state index < -0.39 is 15.8 Å². The highest BCUT2D eigenvalue weighted by Gasteiger charge is 2.26. The second kappa shape index (κ2) is 7.15. The normalized spacial score (nSPS) is 11.7. The molecule has 3 rings (SSSR count). The van der Waals surface area contributed by atoms with Crippen LogP contribution < -0.4 is 15.2 Å². The molecule has 0 bridgehead atoms. The second-order valence-electron chi connectivity index (χ2n) is 5.08. The summed E-state index contributed by atoms with van der Waals surface area (Å²) < 4.78 is 38.3. The van der Waals surface area contributed by atoms with Crippen LogP contribution in [0.3, 0.4) is 0 Å². The van der Waals surface area contributed by atoms with Gasteiger partial charge in [0.25, 0.3) is 10.0 Å². The van der Waals surface area contributed by atoms with Crippen LogP contribution in [0.25, 0.3) is 11.1 Å². The average molecular weight is 482 g/mol. The Labute approximate surface area is 166 Å². The number of aromatic amines is 1. The number of oxazole rings is 1. The molecule has 0 saturated carbocycles. The minimum Gasteiger partial charge on any atom is -0.492 e. The van der Waals surface area contributed by atoms with Crippen LogP contribution in [0.1, 0.15) is 6.92 Å². The highest BCUT2D eigenvalue weighted by atomic mass is 79.9. The van der Waals surface area contributed by atoms with E-state index in [0.717, 1.165) is 0 Å². The Morgan fingerprint density at radius 2 is 2.04 bits per heavy atom. The Balaban J connectivity index is 2.05.